The fourth-order valence-corrected chi connectivity index (χ4v) is 3.44. The molecule has 0 N–H and O–H groups in total. The Bertz CT molecular complexity index is 960. The second-order valence-corrected chi connectivity index (χ2v) is 6.88. The number of carbonyl (C=O) groups is 3. The molecule has 7 heteroatoms. The summed E-state index contributed by atoms with van der Waals surface area (Å²) >= 11 is 0. The molecule has 1 aliphatic rings. The summed E-state index contributed by atoms with van der Waals surface area (Å²) in [5.41, 5.74) is 1.68. The van der Waals surface area contributed by atoms with Crippen molar-refractivity contribution < 1.29 is 19.1 Å². The van der Waals surface area contributed by atoms with Gasteiger partial charge in [-0.15, -0.1) is 0 Å². The van der Waals surface area contributed by atoms with Crippen molar-refractivity contribution in [3.8, 4) is 0 Å². The van der Waals surface area contributed by atoms with Crippen molar-refractivity contribution in [3.63, 3.8) is 0 Å². The van der Waals surface area contributed by atoms with Crippen LogP contribution in [0.15, 0.2) is 36.0 Å². The highest BCUT2D eigenvalue weighted by Gasteiger charge is 2.38. The van der Waals surface area contributed by atoms with E-state index in [1.54, 1.807) is 30.8 Å². The SMILES string of the molecule is CCCCN1C(=O)/C(=C\c2cn(C(C)C(=O)OC)c3ccccc23)C(=O)N1C. The predicted molar refractivity (Wildman–Crippen MR) is 106 cm³/mol. The Morgan fingerprint density at radius 1 is 1.21 bits per heavy atom. The maximum Gasteiger partial charge on any atom is 0.328 e. The predicted octanol–water partition coefficient (Wildman–Crippen LogP) is 2.77. The molecular weight excluding hydrogens is 358 g/mol. The van der Waals surface area contributed by atoms with Crippen LogP contribution in [0.5, 0.6) is 0 Å². The molecule has 1 fully saturated rings. The van der Waals surface area contributed by atoms with Gasteiger partial charge in [0, 0.05) is 36.3 Å². The summed E-state index contributed by atoms with van der Waals surface area (Å²) in [6.45, 7) is 4.30. The van der Waals surface area contributed by atoms with Gasteiger partial charge in [-0.25, -0.2) is 9.80 Å². The Balaban J connectivity index is 2.06. The molecule has 1 unspecified atom stereocenters. The minimum absolute atomic E-state index is 0.132. The quantitative estimate of drug-likeness (QED) is 0.437. The monoisotopic (exact) mass is 383 g/mol. The van der Waals surface area contributed by atoms with Crippen molar-refractivity contribution >= 4 is 34.8 Å². The number of unbranched alkanes of at least 4 members (excludes halogenated alkanes) is 1. The average Bonchev–Trinajstić information content (AvgIpc) is 3.17. The van der Waals surface area contributed by atoms with E-state index in [0.717, 1.165) is 23.7 Å². The van der Waals surface area contributed by atoms with Crippen molar-refractivity contribution in [2.45, 2.75) is 32.7 Å². The zero-order valence-corrected chi connectivity index (χ0v) is 16.6. The van der Waals surface area contributed by atoms with Crippen LogP contribution in [-0.2, 0) is 19.1 Å². The number of aromatic nitrogens is 1. The number of benzene rings is 1. The van der Waals surface area contributed by atoms with Crippen LogP contribution >= 0.6 is 0 Å². The molecule has 1 aliphatic heterocycles. The number of hydrogen-bond donors (Lipinski definition) is 0. The number of fused-ring (bicyclic) bond motifs is 1. The Hall–Kier alpha value is -3.09. The molecule has 7 nitrogen and oxygen atoms in total. The normalized spacial score (nSPS) is 17.1. The molecule has 3 rings (SSSR count). The standard InChI is InChI=1S/C21H25N3O4/c1-5-6-11-24-20(26)17(19(25)22(24)3)12-15-13-23(14(2)21(27)28-4)18-10-8-7-9-16(15)18/h7-10,12-14H,5-6,11H2,1-4H3/b17-12-. The molecule has 28 heavy (non-hydrogen) atoms. The largest absolute Gasteiger partial charge is 0.467 e. The second kappa shape index (κ2) is 7.88. The van der Waals surface area contributed by atoms with Gasteiger partial charge in [-0.2, -0.15) is 0 Å². The first-order valence-electron chi connectivity index (χ1n) is 9.39. The smallest absolute Gasteiger partial charge is 0.328 e. The van der Waals surface area contributed by atoms with E-state index < -0.39 is 6.04 Å². The summed E-state index contributed by atoms with van der Waals surface area (Å²) < 4.78 is 6.66. The molecule has 0 saturated carbocycles. The van der Waals surface area contributed by atoms with Crippen LogP contribution in [0.4, 0.5) is 0 Å². The number of hydrazine groups is 1. The first-order valence-corrected chi connectivity index (χ1v) is 9.39. The molecule has 1 atom stereocenters. The van der Waals surface area contributed by atoms with Gasteiger partial charge < -0.3 is 9.30 Å². The first-order chi connectivity index (χ1) is 13.4. The molecule has 2 aromatic rings. The third-order valence-electron chi connectivity index (χ3n) is 5.11. The zero-order chi connectivity index (χ0) is 20.4. The number of esters is 1. The molecule has 0 aliphatic carbocycles. The van der Waals surface area contributed by atoms with Crippen molar-refractivity contribution in [2.24, 2.45) is 0 Å². The van der Waals surface area contributed by atoms with E-state index in [9.17, 15) is 14.4 Å². The lowest BCUT2D eigenvalue weighted by atomic mass is 10.1. The van der Waals surface area contributed by atoms with Gasteiger partial charge in [-0.1, -0.05) is 31.5 Å². The third-order valence-corrected chi connectivity index (χ3v) is 5.11. The molecular formula is C21H25N3O4. The van der Waals surface area contributed by atoms with Crippen LogP contribution in [0.3, 0.4) is 0 Å². The number of para-hydroxylation sites is 1. The lowest BCUT2D eigenvalue weighted by Crippen LogP contribution is -2.38. The Morgan fingerprint density at radius 2 is 1.93 bits per heavy atom. The summed E-state index contributed by atoms with van der Waals surface area (Å²) in [4.78, 5) is 37.4. The van der Waals surface area contributed by atoms with Gasteiger partial charge in [-0.3, -0.25) is 14.6 Å². The molecule has 0 bridgehead atoms. The van der Waals surface area contributed by atoms with Crippen LogP contribution in [-0.4, -0.2) is 53.1 Å². The van der Waals surface area contributed by atoms with Gasteiger partial charge in [0.15, 0.2) is 0 Å². The molecule has 2 amide bonds. The number of carbonyl (C=O) groups excluding carboxylic acids is 3. The van der Waals surface area contributed by atoms with E-state index in [4.69, 9.17) is 4.74 Å². The molecule has 148 valence electrons. The van der Waals surface area contributed by atoms with Crippen LogP contribution in [0.2, 0.25) is 0 Å². The summed E-state index contributed by atoms with van der Waals surface area (Å²) in [6, 6.07) is 7.04. The third kappa shape index (κ3) is 3.28. The minimum atomic E-state index is -0.527. The van der Waals surface area contributed by atoms with E-state index in [1.165, 1.54) is 17.1 Å². The highest BCUT2D eigenvalue weighted by Crippen LogP contribution is 2.29. The highest BCUT2D eigenvalue weighted by atomic mass is 16.5. The topological polar surface area (TPSA) is 71.9 Å². The number of likely N-dealkylation sites (N-methyl/N-ethyl adjacent to an activating group) is 1. The van der Waals surface area contributed by atoms with Crippen molar-refractivity contribution in [1.29, 1.82) is 0 Å². The van der Waals surface area contributed by atoms with Crippen LogP contribution in [0.25, 0.3) is 17.0 Å². The van der Waals surface area contributed by atoms with E-state index >= 15 is 0 Å². The van der Waals surface area contributed by atoms with Gasteiger partial charge in [0.25, 0.3) is 11.8 Å². The Morgan fingerprint density at radius 3 is 2.61 bits per heavy atom. The van der Waals surface area contributed by atoms with Crippen molar-refractivity contribution in [2.75, 3.05) is 20.7 Å². The number of nitrogens with zero attached hydrogens (tertiary/aromatic N) is 3. The summed E-state index contributed by atoms with van der Waals surface area (Å²) in [5.74, 6) is -0.976. The first kappa shape index (κ1) is 19.7. The fourth-order valence-electron chi connectivity index (χ4n) is 3.44. The van der Waals surface area contributed by atoms with Gasteiger partial charge >= 0.3 is 5.97 Å². The lowest BCUT2D eigenvalue weighted by molar-refractivity contribution is -0.144. The molecule has 1 aromatic carbocycles. The van der Waals surface area contributed by atoms with Gasteiger partial charge in [0.05, 0.1) is 7.11 Å². The van der Waals surface area contributed by atoms with Gasteiger partial charge in [0.1, 0.15) is 11.6 Å². The summed E-state index contributed by atoms with van der Waals surface area (Å²) in [6.07, 6.45) is 5.17. The van der Waals surface area contributed by atoms with E-state index in [2.05, 4.69) is 0 Å². The summed E-state index contributed by atoms with van der Waals surface area (Å²) in [7, 11) is 2.96. The number of ether oxygens (including phenoxy) is 1. The van der Waals surface area contributed by atoms with Crippen molar-refractivity contribution in [3.05, 3.63) is 41.6 Å². The number of amides is 2. The molecule has 2 heterocycles. The number of hydrogen-bond acceptors (Lipinski definition) is 4. The Labute approximate surface area is 164 Å². The van der Waals surface area contributed by atoms with Gasteiger partial charge in [0.2, 0.25) is 0 Å². The fraction of sp³-hybridized carbons (Fsp3) is 0.381. The second-order valence-electron chi connectivity index (χ2n) is 6.88. The highest BCUT2D eigenvalue weighted by molar-refractivity contribution is 6.25. The zero-order valence-electron chi connectivity index (χ0n) is 16.6. The number of methoxy groups -OCH3 is 1. The minimum Gasteiger partial charge on any atom is -0.467 e. The van der Waals surface area contributed by atoms with Gasteiger partial charge in [-0.05, 0) is 25.5 Å². The van der Waals surface area contributed by atoms with E-state index in [-0.39, 0.29) is 23.4 Å². The maximum atomic E-state index is 12.8. The molecule has 1 aromatic heterocycles. The maximum absolute atomic E-state index is 12.8. The molecule has 0 spiro atoms. The van der Waals surface area contributed by atoms with E-state index in [1.807, 2.05) is 31.2 Å². The Kier molecular flexibility index (Phi) is 5.53. The number of rotatable bonds is 6. The van der Waals surface area contributed by atoms with Crippen molar-refractivity contribution in [1.82, 2.24) is 14.6 Å². The molecule has 0 radical (unpaired) electrons. The molecule has 1 saturated heterocycles. The van der Waals surface area contributed by atoms with Crippen LogP contribution < -0.4 is 0 Å². The average molecular weight is 383 g/mol. The summed E-state index contributed by atoms with van der Waals surface area (Å²) in [5, 5.41) is 3.72. The lowest BCUT2D eigenvalue weighted by Gasteiger charge is -2.22. The van der Waals surface area contributed by atoms with E-state index in [0.29, 0.717) is 12.1 Å². The van der Waals surface area contributed by atoms with Crippen LogP contribution in [0, 0.1) is 0 Å². The van der Waals surface area contributed by atoms with Crippen LogP contribution in [0.1, 0.15) is 38.3 Å².